The van der Waals surface area contributed by atoms with Crippen molar-refractivity contribution in [3.63, 3.8) is 0 Å². The second kappa shape index (κ2) is 4.80. The Morgan fingerprint density at radius 3 is 2.88 bits per heavy atom. The van der Waals surface area contributed by atoms with Gasteiger partial charge in [0.1, 0.15) is 0 Å². The molecule has 0 amide bonds. The minimum absolute atomic E-state index is 0.252. The number of nitrogens with one attached hydrogen (secondary N) is 1. The van der Waals surface area contributed by atoms with Crippen LogP contribution in [0.15, 0.2) is 23.7 Å². The highest BCUT2D eigenvalue weighted by Crippen LogP contribution is 2.25. The van der Waals surface area contributed by atoms with Gasteiger partial charge in [-0.3, -0.25) is 4.68 Å². The van der Waals surface area contributed by atoms with E-state index in [1.54, 1.807) is 11.3 Å². The molecule has 0 aromatic carbocycles. The van der Waals surface area contributed by atoms with Gasteiger partial charge in [0, 0.05) is 18.1 Å². The highest BCUT2D eigenvalue weighted by Gasteiger charge is 2.16. The Bertz CT molecular complexity index is 458. The molecular formula is C12H17N3S. The van der Waals surface area contributed by atoms with Crippen LogP contribution in [0.5, 0.6) is 0 Å². The molecule has 2 rings (SSSR count). The Morgan fingerprint density at radius 1 is 1.56 bits per heavy atom. The molecule has 1 unspecified atom stereocenters. The summed E-state index contributed by atoms with van der Waals surface area (Å²) in [6.45, 7) is 5.22. The van der Waals surface area contributed by atoms with E-state index in [0.29, 0.717) is 0 Å². The Labute approximate surface area is 100 Å². The lowest BCUT2D eigenvalue weighted by atomic mass is 10.1. The van der Waals surface area contributed by atoms with Crippen molar-refractivity contribution in [2.45, 2.75) is 19.9 Å². The van der Waals surface area contributed by atoms with Crippen molar-refractivity contribution in [3.05, 3.63) is 39.8 Å². The van der Waals surface area contributed by atoms with Crippen molar-refractivity contribution in [1.29, 1.82) is 0 Å². The second-order valence-corrected chi connectivity index (χ2v) is 4.98. The largest absolute Gasteiger partial charge is 0.305 e. The molecule has 2 aromatic heterocycles. The van der Waals surface area contributed by atoms with Crippen molar-refractivity contribution in [3.8, 4) is 0 Å². The highest BCUT2D eigenvalue weighted by atomic mass is 32.1. The van der Waals surface area contributed by atoms with E-state index in [0.717, 1.165) is 6.54 Å². The van der Waals surface area contributed by atoms with Gasteiger partial charge in [-0.05, 0) is 36.5 Å². The van der Waals surface area contributed by atoms with E-state index in [1.807, 2.05) is 17.9 Å². The van der Waals surface area contributed by atoms with Crippen molar-refractivity contribution in [1.82, 2.24) is 15.1 Å². The molecule has 0 aliphatic heterocycles. The van der Waals surface area contributed by atoms with Crippen LogP contribution in [-0.4, -0.2) is 16.3 Å². The molecule has 0 aliphatic carbocycles. The monoisotopic (exact) mass is 235 g/mol. The SMILES string of the molecule is CCNC(c1csc(C)c1)c1ccnn1C. The Kier molecular flexibility index (Phi) is 3.41. The standard InChI is InChI=1S/C12H17N3S/c1-4-13-12(10-7-9(2)16-8-10)11-5-6-14-15(11)3/h5-8,12-13H,4H2,1-3H3. The van der Waals surface area contributed by atoms with E-state index >= 15 is 0 Å². The second-order valence-electron chi connectivity index (χ2n) is 3.86. The van der Waals surface area contributed by atoms with E-state index in [1.165, 1.54) is 16.1 Å². The van der Waals surface area contributed by atoms with Crippen LogP contribution >= 0.6 is 11.3 Å². The van der Waals surface area contributed by atoms with Gasteiger partial charge in [-0.15, -0.1) is 11.3 Å². The fourth-order valence-corrected chi connectivity index (χ4v) is 2.61. The molecule has 0 fully saturated rings. The highest BCUT2D eigenvalue weighted by molar-refractivity contribution is 7.10. The molecule has 0 radical (unpaired) electrons. The lowest BCUT2D eigenvalue weighted by Gasteiger charge is -2.17. The summed E-state index contributed by atoms with van der Waals surface area (Å²) in [7, 11) is 1.99. The first-order valence-electron chi connectivity index (χ1n) is 5.48. The molecule has 0 saturated heterocycles. The van der Waals surface area contributed by atoms with Crippen LogP contribution < -0.4 is 5.32 Å². The summed E-state index contributed by atoms with van der Waals surface area (Å²) < 4.78 is 1.93. The molecule has 0 bridgehead atoms. The first kappa shape index (κ1) is 11.4. The van der Waals surface area contributed by atoms with Gasteiger partial charge in [-0.2, -0.15) is 5.10 Å². The zero-order valence-corrected chi connectivity index (χ0v) is 10.7. The number of aromatic nitrogens is 2. The summed E-state index contributed by atoms with van der Waals surface area (Å²) in [6.07, 6.45) is 1.85. The van der Waals surface area contributed by atoms with Crippen molar-refractivity contribution >= 4 is 11.3 Å². The van der Waals surface area contributed by atoms with Crippen LogP contribution in [0.2, 0.25) is 0 Å². The molecular weight excluding hydrogens is 218 g/mol. The van der Waals surface area contributed by atoms with Gasteiger partial charge in [0.05, 0.1) is 11.7 Å². The third-order valence-corrected chi connectivity index (χ3v) is 3.53. The van der Waals surface area contributed by atoms with Crippen LogP contribution in [0.1, 0.15) is 29.1 Å². The number of hydrogen-bond acceptors (Lipinski definition) is 3. The fourth-order valence-electron chi connectivity index (χ4n) is 1.88. The molecule has 0 spiro atoms. The van der Waals surface area contributed by atoms with Crippen molar-refractivity contribution in [2.24, 2.45) is 7.05 Å². The summed E-state index contributed by atoms with van der Waals surface area (Å²) in [4.78, 5) is 1.35. The Hall–Kier alpha value is -1.13. The van der Waals surface area contributed by atoms with Gasteiger partial charge in [0.2, 0.25) is 0 Å². The summed E-state index contributed by atoms with van der Waals surface area (Å²) >= 11 is 1.79. The van der Waals surface area contributed by atoms with E-state index in [2.05, 4.69) is 41.8 Å². The van der Waals surface area contributed by atoms with Gasteiger partial charge in [-0.1, -0.05) is 6.92 Å². The predicted octanol–water partition coefficient (Wildman–Crippen LogP) is 2.49. The summed E-state index contributed by atoms with van der Waals surface area (Å²) in [5, 5.41) is 9.95. The lowest BCUT2D eigenvalue weighted by molar-refractivity contribution is 0.574. The van der Waals surface area contributed by atoms with Crippen LogP contribution in [0, 0.1) is 6.92 Å². The third kappa shape index (κ3) is 2.18. The molecule has 4 heteroatoms. The maximum absolute atomic E-state index is 4.23. The normalized spacial score (nSPS) is 12.9. The first-order valence-corrected chi connectivity index (χ1v) is 6.36. The maximum Gasteiger partial charge on any atom is 0.0756 e. The van der Waals surface area contributed by atoms with E-state index in [-0.39, 0.29) is 6.04 Å². The average molecular weight is 235 g/mol. The maximum atomic E-state index is 4.23. The van der Waals surface area contributed by atoms with Crippen LogP contribution in [-0.2, 0) is 7.05 Å². The number of hydrogen-bond donors (Lipinski definition) is 1. The molecule has 1 N–H and O–H groups in total. The topological polar surface area (TPSA) is 29.9 Å². The zero-order chi connectivity index (χ0) is 11.5. The minimum Gasteiger partial charge on any atom is -0.305 e. The minimum atomic E-state index is 0.252. The molecule has 0 saturated carbocycles. The number of thiophene rings is 1. The average Bonchev–Trinajstić information content (AvgIpc) is 2.84. The quantitative estimate of drug-likeness (QED) is 0.882. The molecule has 16 heavy (non-hydrogen) atoms. The van der Waals surface area contributed by atoms with Gasteiger partial charge in [0.25, 0.3) is 0 Å². The number of nitrogens with zero attached hydrogens (tertiary/aromatic N) is 2. The van der Waals surface area contributed by atoms with Gasteiger partial charge in [-0.25, -0.2) is 0 Å². The Morgan fingerprint density at radius 2 is 2.38 bits per heavy atom. The molecule has 2 aromatic rings. The lowest BCUT2D eigenvalue weighted by Crippen LogP contribution is -2.23. The van der Waals surface area contributed by atoms with E-state index < -0.39 is 0 Å². The number of rotatable bonds is 4. The van der Waals surface area contributed by atoms with Gasteiger partial charge < -0.3 is 5.32 Å². The van der Waals surface area contributed by atoms with Gasteiger partial charge in [0.15, 0.2) is 0 Å². The molecule has 1 atom stereocenters. The number of aryl methyl sites for hydroxylation is 2. The first-order chi connectivity index (χ1) is 7.72. The fraction of sp³-hybridized carbons (Fsp3) is 0.417. The van der Waals surface area contributed by atoms with Crippen LogP contribution in [0.3, 0.4) is 0 Å². The molecule has 2 heterocycles. The Balaban J connectivity index is 2.34. The van der Waals surface area contributed by atoms with Gasteiger partial charge >= 0.3 is 0 Å². The van der Waals surface area contributed by atoms with Crippen LogP contribution in [0.4, 0.5) is 0 Å². The van der Waals surface area contributed by atoms with Crippen LogP contribution in [0.25, 0.3) is 0 Å². The summed E-state index contributed by atoms with van der Waals surface area (Å²) in [6, 6.07) is 4.56. The van der Waals surface area contributed by atoms with Crippen molar-refractivity contribution in [2.75, 3.05) is 6.54 Å². The smallest absolute Gasteiger partial charge is 0.0756 e. The summed E-state index contributed by atoms with van der Waals surface area (Å²) in [5.41, 5.74) is 2.53. The van der Waals surface area contributed by atoms with E-state index in [9.17, 15) is 0 Å². The molecule has 0 aliphatic rings. The predicted molar refractivity (Wildman–Crippen MR) is 67.8 cm³/mol. The van der Waals surface area contributed by atoms with Crippen molar-refractivity contribution < 1.29 is 0 Å². The summed E-state index contributed by atoms with van der Waals surface area (Å²) in [5.74, 6) is 0. The zero-order valence-electron chi connectivity index (χ0n) is 9.90. The molecule has 86 valence electrons. The van der Waals surface area contributed by atoms with E-state index in [4.69, 9.17) is 0 Å². The third-order valence-electron chi connectivity index (χ3n) is 2.65. The molecule has 3 nitrogen and oxygen atoms in total.